The van der Waals surface area contributed by atoms with Crippen molar-refractivity contribution >= 4 is 23.8 Å². The molecular formula is C16H16O3S2. The second-order valence-electron chi connectivity index (χ2n) is 4.53. The molecule has 110 valence electrons. The highest BCUT2D eigenvalue weighted by Crippen LogP contribution is 2.37. The average molecular weight is 320 g/mol. The Kier molecular flexibility index (Phi) is 4.95. The van der Waals surface area contributed by atoms with Crippen LogP contribution in [0.2, 0.25) is 0 Å². The lowest BCUT2D eigenvalue weighted by Crippen LogP contribution is -2.32. The lowest BCUT2D eigenvalue weighted by atomic mass is 10.2. The van der Waals surface area contributed by atoms with Gasteiger partial charge in [0, 0.05) is 16.0 Å². The first kappa shape index (κ1) is 14.6. The van der Waals surface area contributed by atoms with Crippen molar-refractivity contribution in [2.24, 2.45) is 0 Å². The minimum absolute atomic E-state index is 0.0439. The zero-order chi connectivity index (χ0) is 14.5. The van der Waals surface area contributed by atoms with E-state index in [1.54, 1.807) is 11.8 Å². The van der Waals surface area contributed by atoms with Crippen molar-refractivity contribution in [3.63, 3.8) is 0 Å². The van der Waals surface area contributed by atoms with Crippen LogP contribution in [0.25, 0.3) is 0 Å². The van der Waals surface area contributed by atoms with Crippen molar-refractivity contribution in [2.45, 2.75) is 15.9 Å². The first-order chi connectivity index (χ1) is 10.3. The van der Waals surface area contributed by atoms with Crippen molar-refractivity contribution in [1.29, 1.82) is 0 Å². The van der Waals surface area contributed by atoms with Crippen molar-refractivity contribution < 1.29 is 13.7 Å². The summed E-state index contributed by atoms with van der Waals surface area (Å²) in [5.41, 5.74) is 0. The maximum Gasteiger partial charge on any atom is 0.162 e. The standard InChI is InChI=1S/C16H16O3S2/c1-20-18-11-12-10-17-16-9-14(7-8-15(16)19-12)21-13-5-3-2-4-6-13/h2-9,12H,10-11H2,1H3. The van der Waals surface area contributed by atoms with Crippen molar-refractivity contribution in [1.82, 2.24) is 0 Å². The van der Waals surface area contributed by atoms with Crippen LogP contribution in [0.5, 0.6) is 11.5 Å². The predicted molar refractivity (Wildman–Crippen MR) is 86.4 cm³/mol. The Labute approximate surface area is 133 Å². The SMILES string of the molecule is CSOCC1COc2cc(Sc3ccccc3)ccc2O1. The molecule has 1 unspecified atom stereocenters. The van der Waals surface area contributed by atoms with Crippen LogP contribution in [0, 0.1) is 0 Å². The molecule has 0 saturated heterocycles. The third-order valence-corrected chi connectivity index (χ3v) is 4.35. The van der Waals surface area contributed by atoms with E-state index in [0.29, 0.717) is 13.2 Å². The van der Waals surface area contributed by atoms with Crippen LogP contribution < -0.4 is 9.47 Å². The van der Waals surface area contributed by atoms with Crippen LogP contribution in [0.1, 0.15) is 0 Å². The number of ether oxygens (including phenoxy) is 2. The molecule has 0 spiro atoms. The van der Waals surface area contributed by atoms with Gasteiger partial charge in [0.15, 0.2) is 17.6 Å². The molecule has 3 nitrogen and oxygen atoms in total. The van der Waals surface area contributed by atoms with Crippen LogP contribution in [-0.4, -0.2) is 25.6 Å². The molecule has 0 aliphatic carbocycles. The minimum atomic E-state index is -0.0439. The molecule has 0 fully saturated rings. The van der Waals surface area contributed by atoms with Crippen LogP contribution in [0.15, 0.2) is 58.3 Å². The molecule has 2 aromatic rings. The smallest absolute Gasteiger partial charge is 0.162 e. The third-order valence-electron chi connectivity index (χ3n) is 2.98. The first-order valence-electron chi connectivity index (χ1n) is 6.67. The van der Waals surface area contributed by atoms with Gasteiger partial charge in [0.25, 0.3) is 0 Å². The van der Waals surface area contributed by atoms with Gasteiger partial charge in [0.2, 0.25) is 0 Å². The molecule has 21 heavy (non-hydrogen) atoms. The molecule has 1 atom stereocenters. The molecule has 1 aliphatic rings. The fourth-order valence-corrected chi connectivity index (χ4v) is 3.16. The van der Waals surface area contributed by atoms with Gasteiger partial charge in [0.1, 0.15) is 13.2 Å². The van der Waals surface area contributed by atoms with Crippen molar-refractivity contribution in [3.05, 3.63) is 48.5 Å². The highest BCUT2D eigenvalue weighted by atomic mass is 32.2. The summed E-state index contributed by atoms with van der Waals surface area (Å²) in [5.74, 6) is 1.59. The summed E-state index contributed by atoms with van der Waals surface area (Å²) in [7, 11) is 0. The highest BCUT2D eigenvalue weighted by molar-refractivity contribution is 7.99. The Morgan fingerprint density at radius 3 is 2.76 bits per heavy atom. The molecule has 0 N–H and O–H groups in total. The van der Waals surface area contributed by atoms with Gasteiger partial charge in [-0.3, -0.25) is 0 Å². The highest BCUT2D eigenvalue weighted by Gasteiger charge is 2.21. The quantitative estimate of drug-likeness (QED) is 0.767. The minimum Gasteiger partial charge on any atom is -0.486 e. The van der Waals surface area contributed by atoms with Crippen LogP contribution >= 0.6 is 23.8 Å². The van der Waals surface area contributed by atoms with E-state index in [4.69, 9.17) is 13.7 Å². The molecule has 3 rings (SSSR count). The van der Waals surface area contributed by atoms with E-state index >= 15 is 0 Å². The van der Waals surface area contributed by atoms with Gasteiger partial charge in [0.05, 0.1) is 0 Å². The summed E-state index contributed by atoms with van der Waals surface area (Å²) in [4.78, 5) is 2.35. The molecule has 5 heteroatoms. The molecule has 1 heterocycles. The average Bonchev–Trinajstić information content (AvgIpc) is 2.54. The maximum absolute atomic E-state index is 5.87. The first-order valence-corrected chi connectivity index (χ1v) is 8.64. The Morgan fingerprint density at radius 1 is 1.10 bits per heavy atom. The second-order valence-corrected chi connectivity index (χ2v) is 6.24. The largest absolute Gasteiger partial charge is 0.486 e. The van der Waals surface area contributed by atoms with E-state index < -0.39 is 0 Å². The third kappa shape index (κ3) is 3.87. The van der Waals surface area contributed by atoms with Gasteiger partial charge < -0.3 is 13.7 Å². The van der Waals surface area contributed by atoms with Gasteiger partial charge in [-0.15, -0.1) is 0 Å². The number of fused-ring (bicyclic) bond motifs is 1. The van der Waals surface area contributed by atoms with Crippen LogP contribution in [0.3, 0.4) is 0 Å². The predicted octanol–water partition coefficient (Wildman–Crippen LogP) is 4.27. The molecule has 0 saturated carbocycles. The summed E-state index contributed by atoms with van der Waals surface area (Å²) in [6, 6.07) is 16.3. The Hall–Kier alpha value is -1.30. The monoisotopic (exact) mass is 320 g/mol. The van der Waals surface area contributed by atoms with Gasteiger partial charge in [-0.25, -0.2) is 0 Å². The fraction of sp³-hybridized carbons (Fsp3) is 0.250. The van der Waals surface area contributed by atoms with Crippen molar-refractivity contribution in [2.75, 3.05) is 19.5 Å². The fourth-order valence-electron chi connectivity index (χ4n) is 2.01. The maximum atomic E-state index is 5.87. The Morgan fingerprint density at radius 2 is 1.95 bits per heavy atom. The van der Waals surface area contributed by atoms with E-state index in [9.17, 15) is 0 Å². The van der Waals surface area contributed by atoms with Crippen molar-refractivity contribution in [3.8, 4) is 11.5 Å². The van der Waals surface area contributed by atoms with E-state index in [1.807, 2.05) is 36.6 Å². The normalized spacial score (nSPS) is 16.7. The van der Waals surface area contributed by atoms with Gasteiger partial charge in [-0.1, -0.05) is 30.0 Å². The Balaban J connectivity index is 1.69. The van der Waals surface area contributed by atoms with Gasteiger partial charge in [-0.2, -0.15) is 0 Å². The molecule has 0 amide bonds. The molecule has 0 radical (unpaired) electrons. The molecular weight excluding hydrogens is 304 g/mol. The van der Waals surface area contributed by atoms with Gasteiger partial charge >= 0.3 is 0 Å². The number of benzene rings is 2. The number of hydrogen-bond acceptors (Lipinski definition) is 5. The lowest BCUT2D eigenvalue weighted by Gasteiger charge is -2.26. The second kappa shape index (κ2) is 7.11. The summed E-state index contributed by atoms with van der Waals surface area (Å²) in [6.45, 7) is 1.05. The summed E-state index contributed by atoms with van der Waals surface area (Å²) < 4.78 is 16.9. The molecule has 2 aromatic carbocycles. The summed E-state index contributed by atoms with van der Waals surface area (Å²) in [5, 5.41) is 0. The lowest BCUT2D eigenvalue weighted by molar-refractivity contribution is 0.0596. The van der Waals surface area contributed by atoms with Gasteiger partial charge in [-0.05, 0) is 42.4 Å². The van der Waals surface area contributed by atoms with Crippen LogP contribution in [0.4, 0.5) is 0 Å². The zero-order valence-electron chi connectivity index (χ0n) is 11.7. The molecule has 0 bridgehead atoms. The summed E-state index contributed by atoms with van der Waals surface area (Å²) in [6.07, 6.45) is 1.85. The molecule has 0 aromatic heterocycles. The van der Waals surface area contributed by atoms with E-state index in [2.05, 4.69) is 18.2 Å². The van der Waals surface area contributed by atoms with E-state index in [-0.39, 0.29) is 6.10 Å². The number of hydrogen-bond donors (Lipinski definition) is 0. The Bertz CT molecular complexity index is 589. The topological polar surface area (TPSA) is 27.7 Å². The molecule has 1 aliphatic heterocycles. The summed E-state index contributed by atoms with van der Waals surface area (Å²) >= 11 is 3.05. The van der Waals surface area contributed by atoms with Crippen LogP contribution in [-0.2, 0) is 4.18 Å². The number of rotatable bonds is 5. The zero-order valence-corrected chi connectivity index (χ0v) is 13.3. The van der Waals surface area contributed by atoms with E-state index in [1.165, 1.54) is 16.9 Å². The van der Waals surface area contributed by atoms with E-state index in [0.717, 1.165) is 16.4 Å².